The summed E-state index contributed by atoms with van der Waals surface area (Å²) in [7, 11) is 3.03. The molecule has 3 nitrogen and oxygen atoms in total. The third-order valence-corrected chi connectivity index (χ3v) is 2.89. The molecule has 17 heavy (non-hydrogen) atoms. The number of benzene rings is 1. The molecule has 5 heteroatoms. The van der Waals surface area contributed by atoms with E-state index >= 15 is 0 Å². The molecule has 0 aliphatic carbocycles. The zero-order chi connectivity index (χ0) is 13.0. The lowest BCUT2D eigenvalue weighted by molar-refractivity contribution is -0.140. The fourth-order valence-electron chi connectivity index (χ4n) is 1.41. The van der Waals surface area contributed by atoms with Crippen LogP contribution in [0.4, 0.5) is 4.39 Å². The number of methoxy groups -OCH3 is 1. The molecule has 0 saturated heterocycles. The van der Waals surface area contributed by atoms with Crippen LogP contribution in [0.15, 0.2) is 18.2 Å². The first-order valence-corrected chi connectivity index (χ1v) is 5.55. The van der Waals surface area contributed by atoms with Gasteiger partial charge in [-0.1, -0.05) is 17.7 Å². The quantitative estimate of drug-likeness (QED) is 0.831. The number of carbonyl (C=O) groups is 1. The normalized spacial score (nSPS) is 12.3. The third-order valence-electron chi connectivity index (χ3n) is 2.53. The van der Waals surface area contributed by atoms with Crippen molar-refractivity contribution in [3.05, 3.63) is 34.6 Å². The van der Waals surface area contributed by atoms with Crippen molar-refractivity contribution in [1.82, 2.24) is 4.90 Å². The molecule has 0 fully saturated rings. The molecule has 1 atom stereocenters. The zero-order valence-electron chi connectivity index (χ0n) is 10.0. The highest BCUT2D eigenvalue weighted by atomic mass is 35.5. The van der Waals surface area contributed by atoms with Gasteiger partial charge in [0.1, 0.15) is 11.9 Å². The Bertz CT molecular complexity index is 391. The molecular formula is C12H15ClFNO2. The van der Waals surface area contributed by atoms with Gasteiger partial charge in [0.2, 0.25) is 0 Å². The average Bonchev–Trinajstić information content (AvgIpc) is 2.31. The Morgan fingerprint density at radius 3 is 2.76 bits per heavy atom. The second-order valence-electron chi connectivity index (χ2n) is 3.77. The van der Waals surface area contributed by atoms with Crippen molar-refractivity contribution in [2.24, 2.45) is 0 Å². The van der Waals surface area contributed by atoms with Crippen molar-refractivity contribution < 1.29 is 13.9 Å². The van der Waals surface area contributed by atoms with Crippen molar-refractivity contribution in [2.75, 3.05) is 14.2 Å². The Balaban J connectivity index is 2.81. The molecule has 1 amide bonds. The van der Waals surface area contributed by atoms with Crippen molar-refractivity contribution in [3.8, 4) is 0 Å². The van der Waals surface area contributed by atoms with Crippen LogP contribution < -0.4 is 0 Å². The van der Waals surface area contributed by atoms with E-state index in [1.807, 2.05) is 0 Å². The molecule has 1 rings (SSSR count). The van der Waals surface area contributed by atoms with E-state index in [1.54, 1.807) is 20.0 Å². The van der Waals surface area contributed by atoms with E-state index in [0.29, 0.717) is 10.6 Å². The van der Waals surface area contributed by atoms with E-state index in [9.17, 15) is 9.18 Å². The van der Waals surface area contributed by atoms with Gasteiger partial charge in [-0.25, -0.2) is 4.39 Å². The summed E-state index contributed by atoms with van der Waals surface area (Å²) in [6.07, 6.45) is -0.550. The van der Waals surface area contributed by atoms with E-state index in [1.165, 1.54) is 24.1 Å². The van der Waals surface area contributed by atoms with Gasteiger partial charge < -0.3 is 9.64 Å². The Morgan fingerprint density at radius 2 is 2.24 bits per heavy atom. The first-order chi connectivity index (χ1) is 7.97. The highest BCUT2D eigenvalue weighted by Gasteiger charge is 2.19. The number of amides is 1. The van der Waals surface area contributed by atoms with E-state index in [-0.39, 0.29) is 12.5 Å². The lowest BCUT2D eigenvalue weighted by atomic mass is 10.2. The molecule has 0 radical (unpaired) electrons. The summed E-state index contributed by atoms with van der Waals surface area (Å²) in [6, 6.07) is 4.44. The summed E-state index contributed by atoms with van der Waals surface area (Å²) in [5.74, 6) is -0.631. The Labute approximate surface area is 105 Å². The van der Waals surface area contributed by atoms with Crippen LogP contribution in [0.1, 0.15) is 12.5 Å². The predicted octanol–water partition coefficient (Wildman–Crippen LogP) is 2.47. The van der Waals surface area contributed by atoms with E-state index in [0.717, 1.165) is 0 Å². The van der Waals surface area contributed by atoms with Crippen molar-refractivity contribution in [3.63, 3.8) is 0 Å². The summed E-state index contributed by atoms with van der Waals surface area (Å²) in [5.41, 5.74) is 0.313. The first-order valence-electron chi connectivity index (χ1n) is 5.18. The summed E-state index contributed by atoms with van der Waals surface area (Å²) < 4.78 is 18.4. The molecular weight excluding hydrogens is 245 g/mol. The number of carbonyl (C=O) groups excluding carboxylic acids is 1. The molecule has 0 aromatic heterocycles. The Morgan fingerprint density at radius 1 is 1.59 bits per heavy atom. The van der Waals surface area contributed by atoms with Crippen LogP contribution in [-0.2, 0) is 16.1 Å². The van der Waals surface area contributed by atoms with Crippen LogP contribution in [0.3, 0.4) is 0 Å². The van der Waals surface area contributed by atoms with Crippen LogP contribution in [0, 0.1) is 5.82 Å². The van der Waals surface area contributed by atoms with Crippen LogP contribution in [0.25, 0.3) is 0 Å². The van der Waals surface area contributed by atoms with Gasteiger partial charge in [-0.05, 0) is 19.1 Å². The summed E-state index contributed by atoms with van der Waals surface area (Å²) in [6.45, 7) is 1.76. The van der Waals surface area contributed by atoms with Crippen LogP contribution in [-0.4, -0.2) is 31.1 Å². The minimum absolute atomic E-state index is 0.123. The number of hydrogen-bond acceptors (Lipinski definition) is 2. The van der Waals surface area contributed by atoms with E-state index in [2.05, 4.69) is 0 Å². The van der Waals surface area contributed by atoms with Gasteiger partial charge in [-0.3, -0.25) is 4.79 Å². The molecule has 0 saturated carbocycles. The molecule has 0 N–H and O–H groups in total. The summed E-state index contributed by atoms with van der Waals surface area (Å²) >= 11 is 5.88. The van der Waals surface area contributed by atoms with Gasteiger partial charge in [-0.2, -0.15) is 0 Å². The molecule has 0 heterocycles. The molecule has 1 unspecified atom stereocenters. The summed E-state index contributed by atoms with van der Waals surface area (Å²) in [5, 5.41) is 0.315. The predicted molar refractivity (Wildman–Crippen MR) is 64.4 cm³/mol. The molecule has 1 aromatic rings. The standard InChI is InChI=1S/C12H15ClFNO2/c1-8(17-3)12(16)15(2)7-9-10(13)5-4-6-11(9)14/h4-6,8H,7H2,1-3H3. The van der Waals surface area contributed by atoms with Gasteiger partial charge in [-0.15, -0.1) is 0 Å². The maximum atomic E-state index is 13.5. The SMILES string of the molecule is COC(C)C(=O)N(C)Cc1c(F)cccc1Cl. The summed E-state index contributed by atoms with van der Waals surface area (Å²) in [4.78, 5) is 13.1. The minimum atomic E-state index is -0.550. The van der Waals surface area contributed by atoms with Crippen molar-refractivity contribution >= 4 is 17.5 Å². The topological polar surface area (TPSA) is 29.5 Å². The number of rotatable bonds is 4. The lowest BCUT2D eigenvalue weighted by Crippen LogP contribution is -2.35. The second-order valence-corrected chi connectivity index (χ2v) is 4.18. The fourth-order valence-corrected chi connectivity index (χ4v) is 1.63. The number of hydrogen-bond donors (Lipinski definition) is 0. The maximum Gasteiger partial charge on any atom is 0.251 e. The van der Waals surface area contributed by atoms with Crippen molar-refractivity contribution in [1.29, 1.82) is 0 Å². The molecule has 0 bridgehead atoms. The highest BCUT2D eigenvalue weighted by molar-refractivity contribution is 6.31. The average molecular weight is 260 g/mol. The first kappa shape index (κ1) is 13.9. The Kier molecular flexibility index (Phi) is 4.90. The molecule has 0 spiro atoms. The maximum absolute atomic E-state index is 13.5. The number of halogens is 2. The van der Waals surface area contributed by atoms with Crippen LogP contribution in [0.2, 0.25) is 5.02 Å². The zero-order valence-corrected chi connectivity index (χ0v) is 10.8. The lowest BCUT2D eigenvalue weighted by Gasteiger charge is -2.21. The van der Waals surface area contributed by atoms with Gasteiger partial charge >= 0.3 is 0 Å². The number of likely N-dealkylation sites (N-methyl/N-ethyl adjacent to an activating group) is 1. The fraction of sp³-hybridized carbons (Fsp3) is 0.417. The minimum Gasteiger partial charge on any atom is -0.372 e. The molecule has 0 aliphatic heterocycles. The van der Waals surface area contributed by atoms with Crippen LogP contribution in [0.5, 0.6) is 0 Å². The van der Waals surface area contributed by atoms with E-state index < -0.39 is 11.9 Å². The van der Waals surface area contributed by atoms with Gasteiger partial charge in [0.05, 0.1) is 0 Å². The monoisotopic (exact) mass is 259 g/mol. The number of nitrogens with zero attached hydrogens (tertiary/aromatic N) is 1. The third kappa shape index (κ3) is 3.41. The van der Waals surface area contributed by atoms with Gasteiger partial charge in [0.15, 0.2) is 0 Å². The van der Waals surface area contributed by atoms with E-state index in [4.69, 9.17) is 16.3 Å². The molecule has 1 aromatic carbocycles. The Hall–Kier alpha value is -1.13. The second kappa shape index (κ2) is 5.98. The van der Waals surface area contributed by atoms with Gasteiger partial charge in [0.25, 0.3) is 5.91 Å². The van der Waals surface area contributed by atoms with Crippen LogP contribution >= 0.6 is 11.6 Å². The van der Waals surface area contributed by atoms with Gasteiger partial charge in [0, 0.05) is 31.3 Å². The highest BCUT2D eigenvalue weighted by Crippen LogP contribution is 2.20. The number of ether oxygens (including phenoxy) is 1. The largest absolute Gasteiger partial charge is 0.372 e. The van der Waals surface area contributed by atoms with Crippen molar-refractivity contribution in [2.45, 2.75) is 19.6 Å². The molecule has 94 valence electrons. The molecule has 0 aliphatic rings. The smallest absolute Gasteiger partial charge is 0.251 e.